The van der Waals surface area contributed by atoms with Crippen molar-refractivity contribution in [3.8, 4) is 0 Å². The topological polar surface area (TPSA) is 243 Å². The molecule has 0 spiro atoms. The number of nitrogens with zero attached hydrogens (tertiary/aromatic N) is 2. The van der Waals surface area contributed by atoms with E-state index < -0.39 is 85.3 Å². The van der Waals surface area contributed by atoms with Crippen LogP contribution >= 0.6 is 13.8 Å². The molecule has 6 N–H and O–H groups in total. The second-order valence-corrected chi connectivity index (χ2v) is 23.0. The smallest absolute Gasteiger partial charge is 0.330 e. The number of hydrogen-bond donors (Lipinski definition) is 6. The number of nitrogens with one attached hydrogen (secondary N) is 2. The fraction of sp³-hybridized carbons (Fsp3) is 0.625. The minimum absolute atomic E-state index is 0.102. The predicted octanol–water partition coefficient (Wildman–Crippen LogP) is -1.23. The standard InChI is InChI=1S/2C16H25N2O6P/c2*1-9(19)7-10-8-18(16(23)17-14(10)22)15-13(21)12(20)11(24-15)5-6-25(2,3)4/h2*8,11-13,15,20-21H,2,5-7H2,1,3-4H3,(H,17,22,23)/t2*11-,12-,13-,15-/m11/s1. The lowest BCUT2D eigenvalue weighted by molar-refractivity contribution is -0.117. The molecule has 18 heteroatoms. The van der Waals surface area contributed by atoms with Crippen molar-refractivity contribution in [3.05, 3.63) is 65.2 Å². The van der Waals surface area contributed by atoms with Crippen molar-refractivity contribution in [2.75, 3.05) is 39.0 Å². The third-order valence-corrected chi connectivity index (χ3v) is 11.2. The Labute approximate surface area is 289 Å². The lowest BCUT2D eigenvalue weighted by Crippen LogP contribution is -2.39. The summed E-state index contributed by atoms with van der Waals surface area (Å²) in [5.74, 6) is -0.466. The summed E-state index contributed by atoms with van der Waals surface area (Å²) >= 11 is 0. The highest BCUT2D eigenvalue weighted by atomic mass is 31.2. The van der Waals surface area contributed by atoms with Gasteiger partial charge in [-0.2, -0.15) is 0 Å². The van der Waals surface area contributed by atoms with Crippen LogP contribution in [0.3, 0.4) is 0 Å². The fourth-order valence-corrected chi connectivity index (χ4v) is 7.48. The van der Waals surface area contributed by atoms with Crippen molar-refractivity contribution in [3.63, 3.8) is 0 Å². The molecule has 0 saturated carbocycles. The monoisotopic (exact) mass is 744 g/mol. The summed E-state index contributed by atoms with van der Waals surface area (Å²) in [5.41, 5.74) is -2.62. The molecule has 2 fully saturated rings. The molecule has 0 aromatic carbocycles. The Balaban J connectivity index is 0.000000270. The van der Waals surface area contributed by atoms with Gasteiger partial charge in [-0.1, -0.05) is 0 Å². The average molecular weight is 745 g/mol. The zero-order valence-corrected chi connectivity index (χ0v) is 31.1. The van der Waals surface area contributed by atoms with E-state index in [2.05, 4.69) is 49.2 Å². The largest absolute Gasteiger partial charge is 0.388 e. The molecule has 16 nitrogen and oxygen atoms in total. The molecule has 280 valence electrons. The van der Waals surface area contributed by atoms with Gasteiger partial charge in [-0.3, -0.25) is 38.3 Å². The highest BCUT2D eigenvalue weighted by Gasteiger charge is 2.45. The molecule has 4 rings (SSSR count). The minimum atomic E-state index is -1.32. The number of aromatic nitrogens is 4. The number of aliphatic hydroxyl groups is 4. The summed E-state index contributed by atoms with van der Waals surface area (Å²) in [6, 6.07) is 0. The van der Waals surface area contributed by atoms with Crippen LogP contribution in [0.15, 0.2) is 31.6 Å². The number of hydrogen-bond acceptors (Lipinski definition) is 12. The van der Waals surface area contributed by atoms with E-state index >= 15 is 0 Å². The van der Waals surface area contributed by atoms with Crippen molar-refractivity contribution in [2.45, 2.75) is 88.6 Å². The van der Waals surface area contributed by atoms with Gasteiger partial charge in [0.05, 0.1) is 12.2 Å². The summed E-state index contributed by atoms with van der Waals surface area (Å²) in [4.78, 5) is 74.5. The van der Waals surface area contributed by atoms with Crippen molar-refractivity contribution in [1.82, 2.24) is 19.1 Å². The Morgan fingerprint density at radius 1 is 0.680 bits per heavy atom. The molecule has 2 saturated heterocycles. The van der Waals surface area contributed by atoms with Crippen LogP contribution < -0.4 is 22.5 Å². The molecule has 8 atom stereocenters. The highest BCUT2D eigenvalue weighted by Crippen LogP contribution is 2.40. The van der Waals surface area contributed by atoms with Gasteiger partial charge in [0.15, 0.2) is 12.5 Å². The van der Waals surface area contributed by atoms with Crippen molar-refractivity contribution >= 4 is 37.9 Å². The van der Waals surface area contributed by atoms with Gasteiger partial charge in [0.25, 0.3) is 11.1 Å². The zero-order valence-electron chi connectivity index (χ0n) is 29.3. The molecule has 4 heterocycles. The lowest BCUT2D eigenvalue weighted by atomic mass is 10.1. The maximum Gasteiger partial charge on any atom is 0.330 e. The number of Topliss-reactive ketones (excluding diaryl/α,β-unsaturated/α-hetero) is 2. The van der Waals surface area contributed by atoms with Crippen LogP contribution in [0.1, 0.15) is 50.3 Å². The van der Waals surface area contributed by atoms with Crippen LogP contribution in [0.25, 0.3) is 0 Å². The van der Waals surface area contributed by atoms with Crippen LogP contribution in [0.4, 0.5) is 0 Å². The highest BCUT2D eigenvalue weighted by molar-refractivity contribution is 7.72. The molecule has 0 bridgehead atoms. The number of H-pyrrole nitrogens is 2. The number of aliphatic hydroxyl groups excluding tert-OH is 4. The Bertz CT molecular complexity index is 1750. The maximum absolute atomic E-state index is 12.1. The Kier molecular flexibility index (Phi) is 13.8. The van der Waals surface area contributed by atoms with Crippen LogP contribution in [0, 0.1) is 0 Å². The Morgan fingerprint density at radius 3 is 1.28 bits per heavy atom. The zero-order chi connectivity index (χ0) is 37.9. The summed E-state index contributed by atoms with van der Waals surface area (Å²) in [6.07, 6.45) is 4.49. The second-order valence-electron chi connectivity index (χ2n) is 14.4. The molecule has 2 aromatic heterocycles. The Hall–Kier alpha value is -2.94. The number of carbonyl (C=O) groups is 2. The van der Waals surface area contributed by atoms with Crippen LogP contribution in [-0.2, 0) is 31.9 Å². The number of ether oxygens (including phenoxy) is 2. The SMILES string of the molecule is C=P(C)(C)CC[C@H]1O[C@@H](n2cc(CC(C)=O)c(=O)[nH]c2=O)[C@H](O)[C@@H]1O.C=P(C)(C)CC[C@H]1O[C@@H](n2cc(CC(C)=O)c(=O)[nH]c2=O)[C@H](O)[C@@H]1O. The van der Waals surface area contributed by atoms with Gasteiger partial charge in [-0.15, -0.1) is 26.4 Å². The lowest BCUT2D eigenvalue weighted by Gasteiger charge is -2.19. The third kappa shape index (κ3) is 11.0. The quantitative estimate of drug-likeness (QED) is 0.140. The third-order valence-electron chi connectivity index (χ3n) is 8.22. The summed E-state index contributed by atoms with van der Waals surface area (Å²) in [6.45, 7) is 8.25. The van der Waals surface area contributed by atoms with Gasteiger partial charge in [-0.05, 0) is 65.7 Å². The van der Waals surface area contributed by atoms with E-state index in [1.807, 2.05) is 0 Å². The molecule has 0 amide bonds. The first-order valence-electron chi connectivity index (χ1n) is 16.0. The van der Waals surface area contributed by atoms with Crippen molar-refractivity contribution in [1.29, 1.82) is 0 Å². The van der Waals surface area contributed by atoms with E-state index in [-0.39, 0.29) is 35.5 Å². The molecular weight excluding hydrogens is 694 g/mol. The van der Waals surface area contributed by atoms with E-state index in [1.165, 1.54) is 26.2 Å². The minimum Gasteiger partial charge on any atom is -0.388 e. The van der Waals surface area contributed by atoms with E-state index in [1.54, 1.807) is 0 Å². The predicted molar refractivity (Wildman–Crippen MR) is 194 cm³/mol. The van der Waals surface area contributed by atoms with Gasteiger partial charge in [-0.25, -0.2) is 9.59 Å². The second kappa shape index (κ2) is 16.6. The van der Waals surface area contributed by atoms with E-state index in [0.717, 1.165) is 21.5 Å². The molecule has 50 heavy (non-hydrogen) atoms. The van der Waals surface area contributed by atoms with Crippen molar-refractivity contribution in [2.24, 2.45) is 0 Å². The van der Waals surface area contributed by atoms with E-state index in [9.17, 15) is 49.2 Å². The Morgan fingerprint density at radius 2 is 1.00 bits per heavy atom. The molecule has 0 radical (unpaired) electrons. The van der Waals surface area contributed by atoms with Crippen LogP contribution in [-0.4, -0.2) is 139 Å². The maximum atomic E-state index is 12.1. The molecule has 2 aromatic rings. The number of rotatable bonds is 12. The summed E-state index contributed by atoms with van der Waals surface area (Å²) in [5, 5.41) is 41.0. The first kappa shape index (κ1) is 41.5. The van der Waals surface area contributed by atoms with E-state index in [4.69, 9.17) is 9.47 Å². The molecule has 2 aliphatic rings. The van der Waals surface area contributed by atoms with Gasteiger partial charge < -0.3 is 29.9 Å². The van der Waals surface area contributed by atoms with Gasteiger partial charge >= 0.3 is 11.4 Å². The van der Waals surface area contributed by atoms with Gasteiger partial charge in [0.2, 0.25) is 0 Å². The number of ketones is 2. The van der Waals surface area contributed by atoms with Gasteiger partial charge in [0.1, 0.15) is 36.0 Å². The van der Waals surface area contributed by atoms with Crippen molar-refractivity contribution < 1.29 is 39.5 Å². The first-order chi connectivity index (χ1) is 23.0. The molecular formula is C32H50N4O12P2. The molecule has 2 aliphatic heterocycles. The summed E-state index contributed by atoms with van der Waals surface area (Å²) < 4.78 is 13.4. The van der Waals surface area contributed by atoms with Crippen LogP contribution in [0.5, 0.6) is 0 Å². The molecule has 0 aliphatic carbocycles. The number of aromatic amines is 2. The summed E-state index contributed by atoms with van der Waals surface area (Å²) in [7, 11) is 0. The van der Waals surface area contributed by atoms with E-state index in [0.29, 0.717) is 12.8 Å². The normalized spacial score (nSPS) is 26.8. The van der Waals surface area contributed by atoms with Crippen LogP contribution in [0.2, 0.25) is 0 Å². The fourth-order valence-electron chi connectivity index (χ4n) is 5.57. The number of carbonyl (C=O) groups excluding carboxylic acids is 2. The first-order valence-corrected chi connectivity index (χ1v) is 22.1. The average Bonchev–Trinajstić information content (AvgIpc) is 3.42. The molecule has 0 unspecified atom stereocenters. The van der Waals surface area contributed by atoms with Gasteiger partial charge in [0, 0.05) is 36.4 Å².